The van der Waals surface area contributed by atoms with Crippen LogP contribution in [0.4, 0.5) is 0 Å². The van der Waals surface area contributed by atoms with Crippen LogP contribution in [0.2, 0.25) is 0 Å². The molecule has 4 aromatic heterocycles. The molecule has 0 spiro atoms. The highest BCUT2D eigenvalue weighted by Gasteiger charge is 2.20. The minimum Gasteiger partial charge on any atom is -0.309 e. The molecule has 8 aromatic carbocycles. The van der Waals surface area contributed by atoms with Crippen LogP contribution in [-0.2, 0) is 0 Å². The lowest BCUT2D eigenvalue weighted by Crippen LogP contribution is -2.00. The molecule has 5 nitrogen and oxygen atoms in total. The lowest BCUT2D eigenvalue weighted by atomic mass is 10.00. The third-order valence-electron chi connectivity index (χ3n) is 11.5. The maximum absolute atomic E-state index is 4.95. The van der Waals surface area contributed by atoms with E-state index in [0.717, 1.165) is 33.5 Å². The van der Waals surface area contributed by atoms with Gasteiger partial charge in [-0.3, -0.25) is 0 Å². The van der Waals surface area contributed by atoms with Crippen molar-refractivity contribution >= 4 is 59.9 Å². The van der Waals surface area contributed by atoms with Crippen LogP contribution in [-0.4, -0.2) is 23.9 Å². The molecule has 58 heavy (non-hydrogen) atoms. The fourth-order valence-electron chi connectivity index (χ4n) is 8.90. The molecule has 0 N–H and O–H groups in total. The Morgan fingerprint density at radius 3 is 1.52 bits per heavy atom. The smallest absolute Gasteiger partial charge is 0.164 e. The van der Waals surface area contributed by atoms with Gasteiger partial charge in [0.1, 0.15) is 0 Å². The van der Waals surface area contributed by atoms with Crippen molar-refractivity contribution in [3.8, 4) is 51.0 Å². The van der Waals surface area contributed by atoms with Gasteiger partial charge in [-0.2, -0.15) is 0 Å². The summed E-state index contributed by atoms with van der Waals surface area (Å²) in [6.45, 7) is 0. The molecule has 0 aliphatic carbocycles. The van der Waals surface area contributed by atoms with Crippen LogP contribution in [0.1, 0.15) is 0 Å². The number of benzene rings is 8. The van der Waals surface area contributed by atoms with Gasteiger partial charge in [0.25, 0.3) is 0 Å². The molecule has 0 saturated heterocycles. The summed E-state index contributed by atoms with van der Waals surface area (Å²) in [5.74, 6) is 1.95. The Bertz CT molecular complexity index is 3490. The summed E-state index contributed by atoms with van der Waals surface area (Å²) in [6.07, 6.45) is 0. The lowest BCUT2D eigenvalue weighted by molar-refractivity contribution is 1.07. The topological polar surface area (TPSA) is 48.0 Å². The van der Waals surface area contributed by atoms with Gasteiger partial charge in [0.15, 0.2) is 17.5 Å². The van der Waals surface area contributed by atoms with Crippen molar-refractivity contribution in [3.63, 3.8) is 0 Å². The van der Waals surface area contributed by atoms with Gasteiger partial charge in [0.2, 0.25) is 0 Å². The third-order valence-corrected chi connectivity index (χ3v) is 11.5. The SMILES string of the molecule is c1ccc(-c2nc(-c3ccccc3)nc(-c3ccc(-c4cccc(-n5c6ccccc6c6c7c8ccccc8c8cc9ccccc9n8c7ccc65)c4)cc3)n2)cc1. The predicted molar refractivity (Wildman–Crippen MR) is 239 cm³/mol. The van der Waals surface area contributed by atoms with Crippen molar-refractivity contribution in [2.75, 3.05) is 0 Å². The quantitative estimate of drug-likeness (QED) is 0.165. The number of hydrogen-bond donors (Lipinski definition) is 0. The zero-order valence-corrected chi connectivity index (χ0v) is 31.3. The second-order valence-corrected chi connectivity index (χ2v) is 14.8. The Kier molecular flexibility index (Phi) is 7.16. The second-order valence-electron chi connectivity index (χ2n) is 14.8. The van der Waals surface area contributed by atoms with Crippen LogP contribution in [0.15, 0.2) is 200 Å². The Morgan fingerprint density at radius 1 is 0.293 bits per heavy atom. The van der Waals surface area contributed by atoms with Crippen LogP contribution in [0, 0.1) is 0 Å². The van der Waals surface area contributed by atoms with Crippen molar-refractivity contribution in [2.45, 2.75) is 0 Å². The van der Waals surface area contributed by atoms with E-state index < -0.39 is 0 Å². The van der Waals surface area contributed by atoms with Gasteiger partial charge in [-0.1, -0.05) is 158 Å². The van der Waals surface area contributed by atoms with Gasteiger partial charge < -0.3 is 8.97 Å². The van der Waals surface area contributed by atoms with E-state index in [1.54, 1.807) is 0 Å². The van der Waals surface area contributed by atoms with Crippen LogP contribution < -0.4 is 0 Å². The third kappa shape index (κ3) is 5.00. The molecule has 0 radical (unpaired) electrons. The molecule has 0 aliphatic heterocycles. The van der Waals surface area contributed by atoms with Crippen LogP contribution >= 0.6 is 0 Å². The van der Waals surface area contributed by atoms with Crippen molar-refractivity contribution in [1.82, 2.24) is 23.9 Å². The maximum Gasteiger partial charge on any atom is 0.164 e. The molecule has 0 amide bonds. The molecule has 0 atom stereocenters. The summed E-state index contributed by atoms with van der Waals surface area (Å²) in [7, 11) is 0. The summed E-state index contributed by atoms with van der Waals surface area (Å²) in [4.78, 5) is 14.8. The molecule has 0 bridgehead atoms. The van der Waals surface area contributed by atoms with Gasteiger partial charge in [-0.25, -0.2) is 15.0 Å². The molecule has 0 aliphatic rings. The van der Waals surface area contributed by atoms with Crippen LogP contribution in [0.3, 0.4) is 0 Å². The predicted octanol–water partition coefficient (Wildman–Crippen LogP) is 13.3. The molecule has 4 heterocycles. The van der Waals surface area contributed by atoms with Gasteiger partial charge in [0.05, 0.1) is 27.6 Å². The largest absolute Gasteiger partial charge is 0.309 e. The second kappa shape index (κ2) is 12.8. The molecular formula is C53H33N5. The van der Waals surface area contributed by atoms with E-state index in [2.05, 4.69) is 148 Å². The van der Waals surface area contributed by atoms with Crippen molar-refractivity contribution in [2.24, 2.45) is 0 Å². The number of para-hydroxylation sites is 2. The first kappa shape index (κ1) is 32.4. The van der Waals surface area contributed by atoms with E-state index in [-0.39, 0.29) is 0 Å². The Balaban J connectivity index is 1.01. The fourth-order valence-corrected chi connectivity index (χ4v) is 8.90. The Morgan fingerprint density at radius 2 is 0.810 bits per heavy atom. The minimum absolute atomic E-state index is 0.642. The van der Waals surface area contributed by atoms with E-state index >= 15 is 0 Å². The Labute approximate surface area is 333 Å². The zero-order chi connectivity index (χ0) is 38.2. The number of aromatic nitrogens is 5. The highest BCUT2D eigenvalue weighted by Crippen LogP contribution is 2.42. The van der Waals surface area contributed by atoms with Gasteiger partial charge in [-0.15, -0.1) is 0 Å². The summed E-state index contributed by atoms with van der Waals surface area (Å²) in [5.41, 5.74) is 12.2. The maximum atomic E-state index is 4.95. The van der Waals surface area contributed by atoms with Crippen molar-refractivity contribution < 1.29 is 0 Å². The molecule has 5 heteroatoms. The molecule has 270 valence electrons. The number of fused-ring (bicyclic) bond motifs is 12. The fraction of sp³-hybridized carbons (Fsp3) is 0. The van der Waals surface area contributed by atoms with Crippen molar-refractivity contribution in [1.29, 1.82) is 0 Å². The lowest BCUT2D eigenvalue weighted by Gasteiger charge is -2.13. The molecule has 0 unspecified atom stereocenters. The first-order valence-corrected chi connectivity index (χ1v) is 19.6. The van der Waals surface area contributed by atoms with Crippen LogP contribution in [0.5, 0.6) is 0 Å². The minimum atomic E-state index is 0.642. The number of rotatable bonds is 5. The standard InChI is InChI=1S/C53H33N5/c1-3-14-35(15-4-1)51-54-52(36-16-5-2-6-17-36)56-53(55-51)37-28-26-34(27-29-37)38-19-13-20-40(32-38)57-45-25-12-10-23-43(45)50-46(57)30-31-47-49(50)42-22-9-8-21-41(42)48-33-39-18-7-11-24-44(39)58(47)48/h1-33H. The summed E-state index contributed by atoms with van der Waals surface area (Å²) >= 11 is 0. The van der Waals surface area contributed by atoms with E-state index in [4.69, 9.17) is 15.0 Å². The highest BCUT2D eigenvalue weighted by molar-refractivity contribution is 6.30. The molecule has 0 fully saturated rings. The van der Waals surface area contributed by atoms with E-state index in [0.29, 0.717) is 17.5 Å². The number of pyridine rings is 1. The van der Waals surface area contributed by atoms with Gasteiger partial charge in [0, 0.05) is 49.3 Å². The molecule has 0 saturated carbocycles. The van der Waals surface area contributed by atoms with E-state index in [1.807, 2.05) is 60.7 Å². The van der Waals surface area contributed by atoms with Gasteiger partial charge >= 0.3 is 0 Å². The molecular weight excluding hydrogens is 707 g/mol. The summed E-state index contributed by atoms with van der Waals surface area (Å²) < 4.78 is 4.88. The molecule has 12 aromatic rings. The average molecular weight is 740 g/mol. The monoisotopic (exact) mass is 739 g/mol. The first-order valence-electron chi connectivity index (χ1n) is 19.6. The molecule has 12 rings (SSSR count). The summed E-state index contributed by atoms with van der Waals surface area (Å²) in [6, 6.07) is 71.0. The van der Waals surface area contributed by atoms with E-state index in [9.17, 15) is 0 Å². The van der Waals surface area contributed by atoms with Crippen LogP contribution in [0.25, 0.3) is 111 Å². The van der Waals surface area contributed by atoms with Crippen molar-refractivity contribution in [3.05, 3.63) is 200 Å². The van der Waals surface area contributed by atoms with Gasteiger partial charge in [-0.05, 0) is 59.0 Å². The zero-order valence-electron chi connectivity index (χ0n) is 31.3. The number of hydrogen-bond acceptors (Lipinski definition) is 3. The average Bonchev–Trinajstić information content (AvgIpc) is 3.86. The Hall–Kier alpha value is -7.89. The normalized spacial score (nSPS) is 11.8. The first-order chi connectivity index (χ1) is 28.8. The van der Waals surface area contributed by atoms with E-state index in [1.165, 1.54) is 59.9 Å². The summed E-state index contributed by atoms with van der Waals surface area (Å²) in [5, 5.41) is 7.54. The highest BCUT2D eigenvalue weighted by atomic mass is 15.0. The number of nitrogens with zero attached hydrogens (tertiary/aromatic N) is 5.